The third kappa shape index (κ3) is 2.12. The average molecular weight is 303 g/mol. The largest absolute Gasteiger partial charge is 0.337 e. The lowest BCUT2D eigenvalue weighted by molar-refractivity contribution is 1.02. The molecule has 0 saturated heterocycles. The van der Waals surface area contributed by atoms with E-state index < -0.39 is 0 Å². The molecular formula is C18H17N5. The van der Waals surface area contributed by atoms with Crippen LogP contribution in [0.1, 0.15) is 17.0 Å². The SMILES string of the molecule is Cc1cccc(Nc2nc3ccccc3n3c(C)nnc23)c1C. The smallest absolute Gasteiger partial charge is 0.204 e. The van der Waals surface area contributed by atoms with E-state index >= 15 is 0 Å². The summed E-state index contributed by atoms with van der Waals surface area (Å²) in [6.07, 6.45) is 0. The Morgan fingerprint density at radius 2 is 1.74 bits per heavy atom. The van der Waals surface area contributed by atoms with Crippen LogP contribution in [0.3, 0.4) is 0 Å². The Bertz CT molecular complexity index is 1030. The molecule has 0 unspecified atom stereocenters. The maximum Gasteiger partial charge on any atom is 0.204 e. The van der Waals surface area contributed by atoms with Crippen LogP contribution in [0, 0.1) is 20.8 Å². The summed E-state index contributed by atoms with van der Waals surface area (Å²) in [4.78, 5) is 4.75. The summed E-state index contributed by atoms with van der Waals surface area (Å²) in [5.41, 5.74) is 6.14. The number of hydrogen-bond donors (Lipinski definition) is 1. The second kappa shape index (κ2) is 5.05. The molecule has 114 valence electrons. The second-order valence-corrected chi connectivity index (χ2v) is 5.73. The zero-order valence-corrected chi connectivity index (χ0v) is 13.3. The fraction of sp³-hybridized carbons (Fsp3) is 0.167. The van der Waals surface area contributed by atoms with Crippen molar-refractivity contribution in [3.8, 4) is 0 Å². The van der Waals surface area contributed by atoms with E-state index in [1.807, 2.05) is 41.7 Å². The molecule has 2 aromatic heterocycles. The average Bonchev–Trinajstić information content (AvgIpc) is 2.94. The third-order valence-electron chi connectivity index (χ3n) is 4.25. The minimum absolute atomic E-state index is 0.720. The molecule has 2 heterocycles. The summed E-state index contributed by atoms with van der Waals surface area (Å²) in [6, 6.07) is 14.2. The van der Waals surface area contributed by atoms with Gasteiger partial charge in [0.2, 0.25) is 5.65 Å². The van der Waals surface area contributed by atoms with Crippen molar-refractivity contribution in [1.29, 1.82) is 0 Å². The highest BCUT2D eigenvalue weighted by Gasteiger charge is 2.13. The first kappa shape index (κ1) is 13.7. The predicted molar refractivity (Wildman–Crippen MR) is 92.2 cm³/mol. The van der Waals surface area contributed by atoms with Crippen LogP contribution in [-0.2, 0) is 0 Å². The molecule has 0 fully saturated rings. The van der Waals surface area contributed by atoms with Crippen LogP contribution in [0.5, 0.6) is 0 Å². The minimum Gasteiger partial charge on any atom is -0.337 e. The first-order valence-corrected chi connectivity index (χ1v) is 7.59. The van der Waals surface area contributed by atoms with Gasteiger partial charge >= 0.3 is 0 Å². The Morgan fingerprint density at radius 1 is 0.913 bits per heavy atom. The Kier molecular flexibility index (Phi) is 3.01. The summed E-state index contributed by atoms with van der Waals surface area (Å²) < 4.78 is 2.04. The van der Waals surface area contributed by atoms with Gasteiger partial charge < -0.3 is 5.32 Å². The zero-order chi connectivity index (χ0) is 16.0. The van der Waals surface area contributed by atoms with Gasteiger partial charge in [0, 0.05) is 5.69 Å². The topological polar surface area (TPSA) is 55.1 Å². The molecular weight excluding hydrogens is 286 g/mol. The van der Waals surface area contributed by atoms with Gasteiger partial charge in [-0.1, -0.05) is 24.3 Å². The lowest BCUT2D eigenvalue weighted by Crippen LogP contribution is -2.02. The number of anilines is 2. The third-order valence-corrected chi connectivity index (χ3v) is 4.25. The molecule has 0 radical (unpaired) electrons. The molecule has 0 aliphatic heterocycles. The van der Waals surface area contributed by atoms with E-state index in [2.05, 4.69) is 41.5 Å². The van der Waals surface area contributed by atoms with E-state index in [1.54, 1.807) is 0 Å². The molecule has 0 aliphatic rings. The van der Waals surface area contributed by atoms with Crippen LogP contribution in [-0.4, -0.2) is 19.6 Å². The molecule has 23 heavy (non-hydrogen) atoms. The van der Waals surface area contributed by atoms with E-state index in [9.17, 15) is 0 Å². The van der Waals surface area contributed by atoms with Crippen LogP contribution in [0.2, 0.25) is 0 Å². The predicted octanol–water partition coefficient (Wildman–Crippen LogP) is 3.95. The first-order valence-electron chi connectivity index (χ1n) is 7.59. The van der Waals surface area contributed by atoms with Crippen molar-refractivity contribution in [2.24, 2.45) is 0 Å². The van der Waals surface area contributed by atoms with Crippen molar-refractivity contribution in [2.75, 3.05) is 5.32 Å². The molecule has 1 N–H and O–H groups in total. The van der Waals surface area contributed by atoms with Gasteiger partial charge in [0.05, 0.1) is 11.0 Å². The monoisotopic (exact) mass is 303 g/mol. The van der Waals surface area contributed by atoms with Crippen LogP contribution >= 0.6 is 0 Å². The van der Waals surface area contributed by atoms with Crippen LogP contribution in [0.15, 0.2) is 42.5 Å². The number of nitrogens with one attached hydrogen (secondary N) is 1. The molecule has 0 bridgehead atoms. The van der Waals surface area contributed by atoms with Gasteiger partial charge in [-0.05, 0) is 50.1 Å². The fourth-order valence-corrected chi connectivity index (χ4v) is 2.82. The maximum absolute atomic E-state index is 4.75. The van der Waals surface area contributed by atoms with Crippen molar-refractivity contribution >= 4 is 28.2 Å². The molecule has 2 aromatic carbocycles. The Labute approximate surface area is 134 Å². The van der Waals surface area contributed by atoms with Gasteiger partial charge in [-0.3, -0.25) is 4.40 Å². The van der Waals surface area contributed by atoms with E-state index in [1.165, 1.54) is 11.1 Å². The second-order valence-electron chi connectivity index (χ2n) is 5.73. The lowest BCUT2D eigenvalue weighted by Gasteiger charge is -2.12. The zero-order valence-electron chi connectivity index (χ0n) is 13.3. The summed E-state index contributed by atoms with van der Waals surface area (Å²) in [6.45, 7) is 6.16. The van der Waals surface area contributed by atoms with E-state index in [0.29, 0.717) is 0 Å². The lowest BCUT2D eigenvalue weighted by atomic mass is 10.1. The number of nitrogens with zero attached hydrogens (tertiary/aromatic N) is 4. The number of aromatic nitrogens is 4. The molecule has 0 atom stereocenters. The Balaban J connectivity index is 1.97. The molecule has 0 saturated carbocycles. The van der Waals surface area contributed by atoms with Gasteiger partial charge in [0.15, 0.2) is 5.82 Å². The molecule has 0 spiro atoms. The van der Waals surface area contributed by atoms with Gasteiger partial charge in [-0.25, -0.2) is 4.98 Å². The number of rotatable bonds is 2. The quantitative estimate of drug-likeness (QED) is 0.609. The number of aryl methyl sites for hydroxylation is 2. The highest BCUT2D eigenvalue weighted by molar-refractivity contribution is 5.84. The van der Waals surface area contributed by atoms with Crippen molar-refractivity contribution < 1.29 is 0 Å². The van der Waals surface area contributed by atoms with Crippen molar-refractivity contribution in [3.63, 3.8) is 0 Å². The van der Waals surface area contributed by atoms with E-state index in [0.717, 1.165) is 34.0 Å². The normalized spacial score (nSPS) is 11.3. The van der Waals surface area contributed by atoms with Crippen LogP contribution < -0.4 is 5.32 Å². The highest BCUT2D eigenvalue weighted by atomic mass is 15.3. The van der Waals surface area contributed by atoms with Crippen LogP contribution in [0.4, 0.5) is 11.5 Å². The first-order chi connectivity index (χ1) is 11.1. The molecule has 4 aromatic rings. The number of para-hydroxylation sites is 2. The van der Waals surface area contributed by atoms with Gasteiger partial charge in [-0.15, -0.1) is 10.2 Å². The van der Waals surface area contributed by atoms with Crippen molar-refractivity contribution in [1.82, 2.24) is 19.6 Å². The van der Waals surface area contributed by atoms with Gasteiger partial charge in [0.25, 0.3) is 0 Å². The highest BCUT2D eigenvalue weighted by Crippen LogP contribution is 2.26. The van der Waals surface area contributed by atoms with Crippen molar-refractivity contribution in [3.05, 3.63) is 59.4 Å². The molecule has 5 heteroatoms. The molecule has 0 aliphatic carbocycles. The summed E-state index contributed by atoms with van der Waals surface area (Å²) in [7, 11) is 0. The number of fused-ring (bicyclic) bond motifs is 3. The van der Waals surface area contributed by atoms with E-state index in [4.69, 9.17) is 4.98 Å². The van der Waals surface area contributed by atoms with Gasteiger partial charge in [0.1, 0.15) is 5.82 Å². The molecule has 0 amide bonds. The summed E-state index contributed by atoms with van der Waals surface area (Å²) in [5, 5.41) is 12.0. The molecule has 5 nitrogen and oxygen atoms in total. The number of hydrogen-bond acceptors (Lipinski definition) is 4. The van der Waals surface area contributed by atoms with E-state index in [-0.39, 0.29) is 0 Å². The van der Waals surface area contributed by atoms with Crippen LogP contribution in [0.25, 0.3) is 16.7 Å². The Morgan fingerprint density at radius 3 is 2.61 bits per heavy atom. The summed E-state index contributed by atoms with van der Waals surface area (Å²) >= 11 is 0. The molecule has 4 rings (SSSR count). The summed E-state index contributed by atoms with van der Waals surface area (Å²) in [5.74, 6) is 1.57. The fourth-order valence-electron chi connectivity index (χ4n) is 2.82. The minimum atomic E-state index is 0.720. The van der Waals surface area contributed by atoms with Gasteiger partial charge in [-0.2, -0.15) is 0 Å². The van der Waals surface area contributed by atoms with Crippen molar-refractivity contribution in [2.45, 2.75) is 20.8 Å². The maximum atomic E-state index is 4.75. The standard InChI is InChI=1S/C18H17N5/c1-11-7-6-9-14(12(11)2)19-17-18-22-21-13(3)23(18)16-10-5-4-8-15(16)20-17/h4-10H,1-3H3,(H,19,20). The Hall–Kier alpha value is -2.95. The number of benzene rings is 2.